The number of hydrogen-bond donors (Lipinski definition) is 1. The Morgan fingerprint density at radius 1 is 1.35 bits per heavy atom. The lowest BCUT2D eigenvalue weighted by Crippen LogP contribution is -2.41. The third kappa shape index (κ3) is 4.31. The van der Waals surface area contributed by atoms with Crippen molar-refractivity contribution < 1.29 is 0 Å². The number of hydrogen-bond acceptors (Lipinski definition) is 3. The Balaban J connectivity index is 1.94. The van der Waals surface area contributed by atoms with Crippen LogP contribution < -0.4 is 5.32 Å². The molecule has 1 fully saturated rings. The summed E-state index contributed by atoms with van der Waals surface area (Å²) in [5.41, 5.74) is 0. The summed E-state index contributed by atoms with van der Waals surface area (Å²) in [7, 11) is 2.29. The minimum Gasteiger partial charge on any atom is -0.314 e. The van der Waals surface area contributed by atoms with Crippen LogP contribution >= 0.6 is 11.3 Å². The van der Waals surface area contributed by atoms with E-state index in [0.717, 1.165) is 18.5 Å². The second kappa shape index (κ2) is 8.16. The molecule has 114 valence electrons. The smallest absolute Gasteiger partial charge is 0.0410 e. The van der Waals surface area contributed by atoms with Crippen molar-refractivity contribution in [2.24, 2.45) is 5.92 Å². The van der Waals surface area contributed by atoms with Crippen LogP contribution in [-0.4, -0.2) is 31.1 Å². The van der Waals surface area contributed by atoms with E-state index in [4.69, 9.17) is 0 Å². The van der Waals surface area contributed by atoms with E-state index in [-0.39, 0.29) is 0 Å². The molecule has 3 heteroatoms. The van der Waals surface area contributed by atoms with Gasteiger partial charge in [0.1, 0.15) is 0 Å². The van der Waals surface area contributed by atoms with Crippen molar-refractivity contribution in [2.75, 3.05) is 20.1 Å². The molecular weight excluding hydrogens is 264 g/mol. The van der Waals surface area contributed by atoms with E-state index in [9.17, 15) is 0 Å². The molecule has 0 spiro atoms. The van der Waals surface area contributed by atoms with Crippen molar-refractivity contribution in [2.45, 2.75) is 58.0 Å². The Bertz CT molecular complexity index is 363. The molecule has 3 unspecified atom stereocenters. The van der Waals surface area contributed by atoms with E-state index in [1.54, 1.807) is 0 Å². The highest BCUT2D eigenvalue weighted by Gasteiger charge is 2.25. The van der Waals surface area contributed by atoms with E-state index < -0.39 is 0 Å². The number of nitrogens with zero attached hydrogens (tertiary/aromatic N) is 1. The van der Waals surface area contributed by atoms with Crippen molar-refractivity contribution >= 4 is 11.3 Å². The highest BCUT2D eigenvalue weighted by molar-refractivity contribution is 7.10. The van der Waals surface area contributed by atoms with Gasteiger partial charge >= 0.3 is 0 Å². The lowest BCUT2D eigenvalue weighted by atomic mass is 9.93. The Labute approximate surface area is 128 Å². The number of thiophene rings is 1. The summed E-state index contributed by atoms with van der Waals surface area (Å²) >= 11 is 1.88. The van der Waals surface area contributed by atoms with Crippen LogP contribution in [0.3, 0.4) is 0 Å². The first-order chi connectivity index (χ1) is 9.72. The third-order valence-electron chi connectivity index (χ3n) is 4.76. The van der Waals surface area contributed by atoms with E-state index in [2.05, 4.69) is 48.6 Å². The van der Waals surface area contributed by atoms with Crippen LogP contribution in [0, 0.1) is 5.92 Å². The molecule has 20 heavy (non-hydrogen) atoms. The summed E-state index contributed by atoms with van der Waals surface area (Å²) in [6, 6.07) is 5.69. The Morgan fingerprint density at radius 3 is 2.85 bits per heavy atom. The normalized spacial score (nSPS) is 25.6. The largest absolute Gasteiger partial charge is 0.314 e. The van der Waals surface area contributed by atoms with Gasteiger partial charge in [-0.2, -0.15) is 0 Å². The second-order valence-corrected chi connectivity index (χ2v) is 7.17. The van der Waals surface area contributed by atoms with E-state index in [1.165, 1.54) is 43.5 Å². The molecule has 0 aliphatic heterocycles. The van der Waals surface area contributed by atoms with Gasteiger partial charge in [0.2, 0.25) is 0 Å². The van der Waals surface area contributed by atoms with Gasteiger partial charge in [-0.05, 0) is 50.7 Å². The maximum Gasteiger partial charge on any atom is 0.0410 e. The number of rotatable bonds is 6. The Morgan fingerprint density at radius 2 is 2.15 bits per heavy atom. The molecule has 3 atom stereocenters. The summed E-state index contributed by atoms with van der Waals surface area (Å²) in [5.74, 6) is 0.810. The molecule has 1 aliphatic carbocycles. The van der Waals surface area contributed by atoms with Crippen molar-refractivity contribution in [3.05, 3.63) is 22.4 Å². The van der Waals surface area contributed by atoms with Gasteiger partial charge in [0, 0.05) is 23.5 Å². The fraction of sp³-hybridized carbons (Fsp3) is 0.765. The van der Waals surface area contributed by atoms with Gasteiger partial charge in [-0.15, -0.1) is 11.3 Å². The van der Waals surface area contributed by atoms with Gasteiger partial charge in [-0.1, -0.05) is 32.3 Å². The molecule has 1 aliphatic rings. The lowest BCUT2D eigenvalue weighted by Gasteiger charge is -2.32. The zero-order valence-corrected chi connectivity index (χ0v) is 14.1. The van der Waals surface area contributed by atoms with Crippen LogP contribution in [0.4, 0.5) is 0 Å². The first kappa shape index (κ1) is 16.0. The van der Waals surface area contributed by atoms with Crippen LogP contribution in [0.15, 0.2) is 17.5 Å². The van der Waals surface area contributed by atoms with Crippen molar-refractivity contribution in [3.63, 3.8) is 0 Å². The Hall–Kier alpha value is -0.380. The first-order valence-corrected chi connectivity index (χ1v) is 9.07. The van der Waals surface area contributed by atoms with Gasteiger partial charge in [-0.3, -0.25) is 4.90 Å². The van der Waals surface area contributed by atoms with Gasteiger partial charge in [0.25, 0.3) is 0 Å². The lowest BCUT2D eigenvalue weighted by molar-refractivity contribution is 0.188. The summed E-state index contributed by atoms with van der Waals surface area (Å²) in [5, 5.41) is 5.92. The standard InChI is InChI=1S/C17H30N2S/c1-4-18-16-10-7-5-6-9-15(16)13-19(3)14(2)17-11-8-12-20-17/h8,11-12,14-16,18H,4-7,9-10,13H2,1-3H3. The minimum absolute atomic E-state index is 0.542. The molecule has 1 N–H and O–H groups in total. The molecule has 0 radical (unpaired) electrons. The first-order valence-electron chi connectivity index (χ1n) is 8.19. The van der Waals surface area contributed by atoms with Gasteiger partial charge in [-0.25, -0.2) is 0 Å². The van der Waals surface area contributed by atoms with E-state index in [0.29, 0.717) is 6.04 Å². The summed E-state index contributed by atoms with van der Waals surface area (Å²) in [4.78, 5) is 4.03. The molecule has 2 rings (SSSR count). The SMILES string of the molecule is CCNC1CCCCCC1CN(C)C(C)c1cccs1. The fourth-order valence-corrected chi connectivity index (χ4v) is 4.26. The van der Waals surface area contributed by atoms with Crippen molar-refractivity contribution in [3.8, 4) is 0 Å². The summed E-state index contributed by atoms with van der Waals surface area (Å²) in [6.45, 7) is 6.90. The maximum absolute atomic E-state index is 3.73. The predicted octanol–water partition coefficient (Wildman–Crippen LogP) is 4.30. The molecule has 1 aromatic rings. The van der Waals surface area contributed by atoms with Crippen molar-refractivity contribution in [1.29, 1.82) is 0 Å². The average molecular weight is 295 g/mol. The summed E-state index contributed by atoms with van der Waals surface area (Å²) < 4.78 is 0. The molecule has 0 bridgehead atoms. The highest BCUT2D eigenvalue weighted by Crippen LogP contribution is 2.28. The van der Waals surface area contributed by atoms with Crippen LogP contribution in [0.2, 0.25) is 0 Å². The molecule has 0 saturated heterocycles. The van der Waals surface area contributed by atoms with E-state index in [1.807, 2.05) is 11.3 Å². The quantitative estimate of drug-likeness (QED) is 0.787. The molecule has 1 aromatic heterocycles. The van der Waals surface area contributed by atoms with Crippen molar-refractivity contribution in [1.82, 2.24) is 10.2 Å². The molecular formula is C17H30N2S. The van der Waals surface area contributed by atoms with E-state index >= 15 is 0 Å². The van der Waals surface area contributed by atoms with Crippen LogP contribution in [0.1, 0.15) is 56.9 Å². The zero-order valence-electron chi connectivity index (χ0n) is 13.3. The monoisotopic (exact) mass is 294 g/mol. The molecule has 1 heterocycles. The van der Waals surface area contributed by atoms with Gasteiger partial charge < -0.3 is 5.32 Å². The molecule has 2 nitrogen and oxygen atoms in total. The number of nitrogens with one attached hydrogen (secondary N) is 1. The maximum atomic E-state index is 3.73. The van der Waals surface area contributed by atoms with Crippen LogP contribution in [0.25, 0.3) is 0 Å². The van der Waals surface area contributed by atoms with Gasteiger partial charge in [0.15, 0.2) is 0 Å². The van der Waals surface area contributed by atoms with Crippen LogP contribution in [-0.2, 0) is 0 Å². The predicted molar refractivity (Wildman–Crippen MR) is 89.4 cm³/mol. The minimum atomic E-state index is 0.542. The van der Waals surface area contributed by atoms with Crippen LogP contribution in [0.5, 0.6) is 0 Å². The molecule has 1 saturated carbocycles. The average Bonchev–Trinajstić information content (AvgIpc) is 2.89. The third-order valence-corrected chi connectivity index (χ3v) is 5.81. The topological polar surface area (TPSA) is 15.3 Å². The molecule has 0 aromatic carbocycles. The highest BCUT2D eigenvalue weighted by atomic mass is 32.1. The Kier molecular flexibility index (Phi) is 6.53. The fourth-order valence-electron chi connectivity index (χ4n) is 3.41. The molecule has 0 amide bonds. The summed E-state index contributed by atoms with van der Waals surface area (Å²) in [6.07, 6.45) is 6.98. The zero-order chi connectivity index (χ0) is 14.4. The van der Waals surface area contributed by atoms with Gasteiger partial charge in [0.05, 0.1) is 0 Å². The second-order valence-electron chi connectivity index (χ2n) is 6.19.